The van der Waals surface area contributed by atoms with E-state index in [0.29, 0.717) is 6.54 Å². The number of rotatable bonds is 2. The van der Waals surface area contributed by atoms with Crippen molar-refractivity contribution in [3.8, 4) is 0 Å². The Morgan fingerprint density at radius 2 is 1.92 bits per heavy atom. The van der Waals surface area contributed by atoms with Gasteiger partial charge in [0.05, 0.1) is 5.69 Å². The van der Waals surface area contributed by atoms with Gasteiger partial charge in [-0.15, -0.1) is 0 Å². The van der Waals surface area contributed by atoms with Crippen molar-refractivity contribution in [2.75, 3.05) is 12.3 Å². The first kappa shape index (κ1) is 9.67. The molecule has 1 aromatic rings. The topological polar surface area (TPSA) is 52.0 Å². The Morgan fingerprint density at radius 1 is 1.23 bits per heavy atom. The van der Waals surface area contributed by atoms with Crippen LogP contribution in [0.15, 0.2) is 18.2 Å². The van der Waals surface area contributed by atoms with Gasteiger partial charge in [-0.2, -0.15) is 0 Å². The van der Waals surface area contributed by atoms with Gasteiger partial charge in [-0.25, -0.2) is 8.78 Å². The standard InChI is InChI=1S/C9H10F2N2/c10-7-5-8(11)9(13)4-6(7)2-1-3-12/h1-2,4-5H,3,12-13H2. The minimum Gasteiger partial charge on any atom is -0.396 e. The molecule has 13 heavy (non-hydrogen) atoms. The highest BCUT2D eigenvalue weighted by molar-refractivity contribution is 5.56. The van der Waals surface area contributed by atoms with Crippen molar-refractivity contribution in [2.24, 2.45) is 5.73 Å². The van der Waals surface area contributed by atoms with Crippen molar-refractivity contribution >= 4 is 11.8 Å². The number of hydrogen-bond acceptors (Lipinski definition) is 2. The summed E-state index contributed by atoms with van der Waals surface area (Å²) in [7, 11) is 0. The number of hydrogen-bond donors (Lipinski definition) is 2. The molecule has 0 spiro atoms. The lowest BCUT2D eigenvalue weighted by Crippen LogP contribution is -1.95. The summed E-state index contributed by atoms with van der Waals surface area (Å²) in [6, 6.07) is 1.99. The molecule has 0 aliphatic carbocycles. The van der Waals surface area contributed by atoms with Crippen LogP contribution in [0.25, 0.3) is 6.08 Å². The van der Waals surface area contributed by atoms with Crippen LogP contribution in [0.3, 0.4) is 0 Å². The van der Waals surface area contributed by atoms with Gasteiger partial charge in [-0.05, 0) is 6.07 Å². The maximum atomic E-state index is 13.0. The van der Waals surface area contributed by atoms with Gasteiger partial charge < -0.3 is 11.5 Å². The quantitative estimate of drug-likeness (QED) is 0.684. The Hall–Kier alpha value is -1.42. The molecule has 0 bridgehead atoms. The molecule has 1 aromatic carbocycles. The molecule has 1 rings (SSSR count). The van der Waals surface area contributed by atoms with Crippen LogP contribution in [-0.4, -0.2) is 6.54 Å². The van der Waals surface area contributed by atoms with Gasteiger partial charge in [0.15, 0.2) is 0 Å². The third-order valence-electron chi connectivity index (χ3n) is 1.55. The zero-order valence-electron chi connectivity index (χ0n) is 6.93. The van der Waals surface area contributed by atoms with E-state index in [-0.39, 0.29) is 11.3 Å². The van der Waals surface area contributed by atoms with Crippen LogP contribution in [0.1, 0.15) is 5.56 Å². The first-order valence-electron chi connectivity index (χ1n) is 3.76. The average Bonchev–Trinajstić information content (AvgIpc) is 2.09. The van der Waals surface area contributed by atoms with E-state index in [1.807, 2.05) is 0 Å². The zero-order valence-corrected chi connectivity index (χ0v) is 6.93. The summed E-state index contributed by atoms with van der Waals surface area (Å²) in [4.78, 5) is 0. The highest BCUT2D eigenvalue weighted by Crippen LogP contribution is 2.17. The molecule has 0 radical (unpaired) electrons. The van der Waals surface area contributed by atoms with Crippen LogP contribution in [-0.2, 0) is 0 Å². The van der Waals surface area contributed by atoms with Crippen LogP contribution in [0.5, 0.6) is 0 Å². The molecule has 0 unspecified atom stereocenters. The van der Waals surface area contributed by atoms with Crippen molar-refractivity contribution in [1.29, 1.82) is 0 Å². The molecular weight excluding hydrogens is 174 g/mol. The lowest BCUT2D eigenvalue weighted by atomic mass is 10.1. The van der Waals surface area contributed by atoms with E-state index in [9.17, 15) is 8.78 Å². The minimum atomic E-state index is -0.748. The Morgan fingerprint density at radius 3 is 2.54 bits per heavy atom. The first-order valence-corrected chi connectivity index (χ1v) is 3.76. The van der Waals surface area contributed by atoms with E-state index < -0.39 is 11.6 Å². The minimum absolute atomic E-state index is 0.0712. The molecule has 4 heteroatoms. The molecule has 0 aromatic heterocycles. The highest BCUT2D eigenvalue weighted by atomic mass is 19.1. The van der Waals surface area contributed by atoms with Crippen molar-refractivity contribution in [3.05, 3.63) is 35.4 Å². The number of benzene rings is 1. The fraction of sp³-hybridized carbons (Fsp3) is 0.111. The van der Waals surface area contributed by atoms with E-state index in [1.54, 1.807) is 6.08 Å². The summed E-state index contributed by atoms with van der Waals surface area (Å²) in [5, 5.41) is 0. The highest BCUT2D eigenvalue weighted by Gasteiger charge is 2.04. The number of halogens is 2. The summed E-state index contributed by atoms with van der Waals surface area (Å²) in [5.41, 5.74) is 10.6. The molecular formula is C9H10F2N2. The second-order valence-electron chi connectivity index (χ2n) is 2.53. The third-order valence-corrected chi connectivity index (χ3v) is 1.55. The molecule has 70 valence electrons. The van der Waals surface area contributed by atoms with Gasteiger partial charge in [-0.3, -0.25) is 0 Å². The third kappa shape index (κ3) is 2.26. The molecule has 4 N–H and O–H groups in total. The molecule has 0 atom stereocenters. The average molecular weight is 184 g/mol. The van der Waals surface area contributed by atoms with Crippen molar-refractivity contribution in [2.45, 2.75) is 0 Å². The van der Waals surface area contributed by atoms with Crippen LogP contribution in [0.4, 0.5) is 14.5 Å². The predicted octanol–water partition coefficient (Wildman–Crippen LogP) is 1.52. The number of anilines is 1. The lowest BCUT2D eigenvalue weighted by molar-refractivity contribution is 0.584. The molecule has 0 aliphatic heterocycles. The molecule has 0 saturated heterocycles. The smallest absolute Gasteiger partial charge is 0.149 e. The Balaban J connectivity index is 3.08. The van der Waals surface area contributed by atoms with Crippen molar-refractivity contribution in [1.82, 2.24) is 0 Å². The van der Waals surface area contributed by atoms with Crippen molar-refractivity contribution < 1.29 is 8.78 Å². The van der Waals surface area contributed by atoms with Crippen molar-refractivity contribution in [3.63, 3.8) is 0 Å². The van der Waals surface area contributed by atoms with Crippen LogP contribution in [0, 0.1) is 11.6 Å². The van der Waals surface area contributed by atoms with Gasteiger partial charge in [-0.1, -0.05) is 12.2 Å². The van der Waals surface area contributed by atoms with E-state index >= 15 is 0 Å². The van der Waals surface area contributed by atoms with Gasteiger partial charge in [0, 0.05) is 18.2 Å². The SMILES string of the molecule is NCC=Cc1cc(N)c(F)cc1F. The van der Waals surface area contributed by atoms with E-state index in [2.05, 4.69) is 0 Å². The maximum absolute atomic E-state index is 13.0. The molecule has 0 saturated carbocycles. The number of nitrogen functional groups attached to an aromatic ring is 1. The summed E-state index contributed by atoms with van der Waals surface area (Å²) < 4.78 is 25.6. The molecule has 0 heterocycles. The van der Waals surface area contributed by atoms with E-state index in [0.717, 1.165) is 6.07 Å². The second kappa shape index (κ2) is 4.00. The summed E-state index contributed by atoms with van der Waals surface area (Å²) >= 11 is 0. The molecule has 0 amide bonds. The van der Waals surface area contributed by atoms with Gasteiger partial charge in [0.1, 0.15) is 11.6 Å². The molecule has 0 aliphatic rings. The van der Waals surface area contributed by atoms with Gasteiger partial charge >= 0.3 is 0 Å². The lowest BCUT2D eigenvalue weighted by Gasteiger charge is -2.00. The van der Waals surface area contributed by atoms with Crippen LogP contribution < -0.4 is 11.5 Å². The van der Waals surface area contributed by atoms with Gasteiger partial charge in [0.2, 0.25) is 0 Å². The Bertz CT molecular complexity index is 335. The number of nitrogens with two attached hydrogens (primary N) is 2. The summed E-state index contributed by atoms with van der Waals surface area (Å²) in [5.74, 6) is -1.39. The van der Waals surface area contributed by atoms with Crippen LogP contribution >= 0.6 is 0 Å². The van der Waals surface area contributed by atoms with E-state index in [1.165, 1.54) is 12.1 Å². The first-order chi connectivity index (χ1) is 6.15. The Labute approximate surface area is 74.8 Å². The Kier molecular flexibility index (Phi) is 2.97. The van der Waals surface area contributed by atoms with E-state index in [4.69, 9.17) is 11.5 Å². The maximum Gasteiger partial charge on any atom is 0.149 e. The normalized spacial score (nSPS) is 11.0. The fourth-order valence-corrected chi connectivity index (χ4v) is 0.906. The zero-order chi connectivity index (χ0) is 9.84. The molecule has 0 fully saturated rings. The predicted molar refractivity (Wildman–Crippen MR) is 48.9 cm³/mol. The second-order valence-corrected chi connectivity index (χ2v) is 2.53. The largest absolute Gasteiger partial charge is 0.396 e. The monoisotopic (exact) mass is 184 g/mol. The summed E-state index contributed by atoms with van der Waals surface area (Å²) in [6.07, 6.45) is 3.03. The van der Waals surface area contributed by atoms with Crippen LogP contribution in [0.2, 0.25) is 0 Å². The van der Waals surface area contributed by atoms with Gasteiger partial charge in [0.25, 0.3) is 0 Å². The molecule has 2 nitrogen and oxygen atoms in total. The summed E-state index contributed by atoms with van der Waals surface area (Å²) in [6.45, 7) is 0.302. The fourth-order valence-electron chi connectivity index (χ4n) is 0.906.